The Kier molecular flexibility index (Phi) is 14.8. The first kappa shape index (κ1) is 43.0. The second kappa shape index (κ2) is 19.3. The molecule has 12 atom stereocenters. The van der Waals surface area contributed by atoms with Crippen molar-refractivity contribution in [3.05, 3.63) is 66.5 Å². The van der Waals surface area contributed by atoms with Crippen molar-refractivity contribution in [2.45, 2.75) is 116 Å². The number of carbonyl (C=O) groups is 3. The van der Waals surface area contributed by atoms with Gasteiger partial charge in [0.05, 0.1) is 55.1 Å². The molecule has 3 N–H and O–H groups in total. The molecular formula is C42H57N5O9. The number of cyclic esters (lactones) is 1. The number of para-hydroxylation sites is 1. The van der Waals surface area contributed by atoms with Crippen LogP contribution in [0.4, 0.5) is 0 Å². The Bertz CT molecular complexity index is 1860. The Morgan fingerprint density at radius 3 is 2.54 bits per heavy atom. The monoisotopic (exact) mass is 775 g/mol. The Balaban J connectivity index is 1.43. The van der Waals surface area contributed by atoms with Crippen molar-refractivity contribution in [3.63, 3.8) is 0 Å². The van der Waals surface area contributed by atoms with Gasteiger partial charge in [-0.1, -0.05) is 61.9 Å². The first-order chi connectivity index (χ1) is 26.7. The van der Waals surface area contributed by atoms with Gasteiger partial charge in [-0.25, -0.2) is 0 Å². The van der Waals surface area contributed by atoms with Gasteiger partial charge in [0.1, 0.15) is 24.2 Å². The van der Waals surface area contributed by atoms with E-state index in [4.69, 9.17) is 14.2 Å². The Labute approximate surface area is 328 Å². The number of nitrogens with zero attached hydrogens (tertiary/aromatic N) is 5. The molecule has 2 aromatic heterocycles. The predicted octanol–water partition coefficient (Wildman–Crippen LogP) is 3.92. The number of hydrogen-bond donors (Lipinski definition) is 3. The Morgan fingerprint density at radius 2 is 1.82 bits per heavy atom. The van der Waals surface area contributed by atoms with Crippen molar-refractivity contribution in [1.29, 1.82) is 0 Å². The number of likely N-dealkylation sites (N-methyl/N-ethyl adjacent to an activating group) is 1. The van der Waals surface area contributed by atoms with Crippen LogP contribution in [0.15, 0.2) is 66.5 Å². The summed E-state index contributed by atoms with van der Waals surface area (Å²) in [5, 5.41) is 43.5. The summed E-state index contributed by atoms with van der Waals surface area (Å²) in [7, 11) is 3.45. The Morgan fingerprint density at radius 1 is 1.07 bits per heavy atom. The van der Waals surface area contributed by atoms with E-state index in [2.05, 4.69) is 15.3 Å². The lowest BCUT2D eigenvalue weighted by Gasteiger charge is -2.46. The quantitative estimate of drug-likeness (QED) is 0.210. The zero-order valence-electron chi connectivity index (χ0n) is 33.3. The minimum Gasteiger partial charge on any atom is -0.462 e. The normalized spacial score (nSPS) is 32.7. The lowest BCUT2D eigenvalue weighted by atomic mass is 9.79. The van der Waals surface area contributed by atoms with Gasteiger partial charge in [0.2, 0.25) is 0 Å². The van der Waals surface area contributed by atoms with Crippen molar-refractivity contribution in [2.75, 3.05) is 14.1 Å². The number of aldehydes is 1. The molecule has 14 heteroatoms. The molecule has 2 aliphatic rings. The largest absolute Gasteiger partial charge is 0.462 e. The van der Waals surface area contributed by atoms with E-state index < -0.39 is 72.7 Å². The molecule has 304 valence electrons. The van der Waals surface area contributed by atoms with Crippen LogP contribution >= 0.6 is 0 Å². The van der Waals surface area contributed by atoms with E-state index in [0.29, 0.717) is 18.7 Å². The second-order valence-electron chi connectivity index (χ2n) is 15.7. The fraction of sp³-hybridized carbons (Fsp3) is 0.571. The number of rotatable bonds is 9. The highest BCUT2D eigenvalue weighted by atomic mass is 16.7. The number of ether oxygens (including phenoxy) is 3. The van der Waals surface area contributed by atoms with Crippen molar-refractivity contribution in [1.82, 2.24) is 24.9 Å². The van der Waals surface area contributed by atoms with E-state index in [0.717, 1.165) is 28.3 Å². The average Bonchev–Trinajstić information content (AvgIpc) is 3.64. The van der Waals surface area contributed by atoms with E-state index in [-0.39, 0.29) is 31.0 Å². The number of hydrogen-bond acceptors (Lipinski definition) is 13. The van der Waals surface area contributed by atoms with Gasteiger partial charge >= 0.3 is 5.97 Å². The van der Waals surface area contributed by atoms with Crippen LogP contribution < -0.4 is 0 Å². The molecule has 0 spiro atoms. The van der Waals surface area contributed by atoms with Crippen LogP contribution in [0.2, 0.25) is 0 Å². The molecule has 4 heterocycles. The number of allylic oxidation sites excluding steroid dienone is 3. The Hall–Kier alpha value is -4.18. The van der Waals surface area contributed by atoms with Gasteiger partial charge < -0.3 is 39.2 Å². The van der Waals surface area contributed by atoms with Gasteiger partial charge in [-0.05, 0) is 64.9 Å². The van der Waals surface area contributed by atoms with Crippen LogP contribution in [0.5, 0.6) is 0 Å². The summed E-state index contributed by atoms with van der Waals surface area (Å²) in [6.07, 6.45) is 2.72. The number of aliphatic hydroxyl groups is 3. The van der Waals surface area contributed by atoms with Crippen LogP contribution in [-0.4, -0.2) is 121 Å². The highest BCUT2D eigenvalue weighted by Crippen LogP contribution is 2.34. The number of fused-ring (bicyclic) bond motifs is 1. The first-order valence-corrected chi connectivity index (χ1v) is 19.5. The molecule has 0 saturated carbocycles. The van der Waals surface area contributed by atoms with Gasteiger partial charge in [0, 0.05) is 41.3 Å². The molecule has 1 fully saturated rings. The predicted molar refractivity (Wildman–Crippen MR) is 209 cm³/mol. The summed E-state index contributed by atoms with van der Waals surface area (Å²) in [4.78, 5) is 45.5. The van der Waals surface area contributed by atoms with Gasteiger partial charge in [0.15, 0.2) is 12.1 Å². The second-order valence-corrected chi connectivity index (χ2v) is 15.7. The third-order valence-corrected chi connectivity index (χ3v) is 11.2. The minimum absolute atomic E-state index is 0.00843. The van der Waals surface area contributed by atoms with Gasteiger partial charge in [-0.15, -0.1) is 5.10 Å². The maximum Gasteiger partial charge on any atom is 0.308 e. The zero-order valence-corrected chi connectivity index (χ0v) is 33.3. The number of esters is 1. The van der Waals surface area contributed by atoms with Gasteiger partial charge in [-0.2, -0.15) is 0 Å². The molecule has 3 aromatic rings. The fourth-order valence-corrected chi connectivity index (χ4v) is 7.88. The zero-order chi connectivity index (χ0) is 40.7. The maximum atomic E-state index is 13.6. The molecule has 0 aliphatic carbocycles. The van der Waals surface area contributed by atoms with Gasteiger partial charge in [-0.3, -0.25) is 19.3 Å². The van der Waals surface area contributed by atoms with Crippen molar-refractivity contribution in [2.24, 2.45) is 23.7 Å². The standard InChI is InChI=1S/C42H57N5O9/c1-8-36-31(22-47-23-33(44-45-47)30-19-28-11-9-10-12-32(28)43-21-30)17-24(2)13-14-34(49)25(3)18-29(15-16-48)41(26(4)35(50)20-37(51)55-36)56-42-40(53)38(46(6)7)39(52)27(5)54-42/h9-14,16-17,19,21,23,25-27,29,31,35-36,38-42,50,52-53H,8,15,18,20,22H2,1-7H3/t25-,26+,27-,29+,31-,35-,36-,38?,39?,40?,41-,42+/m1/s1. The highest BCUT2D eigenvalue weighted by Gasteiger charge is 2.47. The topological polar surface area (TPSA) is 186 Å². The molecule has 0 radical (unpaired) electrons. The molecule has 56 heavy (non-hydrogen) atoms. The summed E-state index contributed by atoms with van der Waals surface area (Å²) in [5.41, 5.74) is 3.09. The molecule has 0 bridgehead atoms. The third-order valence-electron chi connectivity index (χ3n) is 11.2. The lowest BCUT2D eigenvalue weighted by molar-refractivity contribution is -0.304. The summed E-state index contributed by atoms with van der Waals surface area (Å²) in [5.74, 6) is -3.07. The van der Waals surface area contributed by atoms with Crippen molar-refractivity contribution < 1.29 is 43.9 Å². The molecular weight excluding hydrogens is 718 g/mol. The summed E-state index contributed by atoms with van der Waals surface area (Å²) >= 11 is 0. The van der Waals surface area contributed by atoms with E-state index in [9.17, 15) is 29.7 Å². The lowest BCUT2D eigenvalue weighted by Crippen LogP contribution is -2.63. The van der Waals surface area contributed by atoms with Crippen LogP contribution in [0.1, 0.15) is 60.3 Å². The highest BCUT2D eigenvalue weighted by molar-refractivity contribution is 5.91. The maximum absolute atomic E-state index is 13.6. The number of ketones is 1. The molecule has 14 nitrogen and oxygen atoms in total. The summed E-state index contributed by atoms with van der Waals surface area (Å²) < 4.78 is 20.2. The van der Waals surface area contributed by atoms with Crippen LogP contribution in [0.25, 0.3) is 22.2 Å². The van der Waals surface area contributed by atoms with Crippen LogP contribution in [0.3, 0.4) is 0 Å². The van der Waals surface area contributed by atoms with Crippen LogP contribution in [-0.2, 0) is 35.1 Å². The van der Waals surface area contributed by atoms with Crippen molar-refractivity contribution in [3.8, 4) is 11.3 Å². The number of aromatic nitrogens is 4. The van der Waals surface area contributed by atoms with E-state index in [1.165, 1.54) is 6.08 Å². The number of aliphatic hydroxyl groups excluding tert-OH is 3. The third kappa shape index (κ3) is 10.4. The molecule has 1 saturated heterocycles. The SMILES string of the molecule is CC[C@H]1OC(=O)C[C@@H](O)[C@H](C)[C@@H](O[C@@H]2O[C@H](C)C(O)C(N(C)C)C2O)[C@@H](CC=O)C[C@@H](C)C(=O)C=CC(C)=C[C@@H]1Cn1cc(-c2cnc3ccccc3c2)nn1. The molecule has 0 amide bonds. The first-order valence-electron chi connectivity index (χ1n) is 19.5. The fourth-order valence-electron chi connectivity index (χ4n) is 7.88. The number of carbonyl (C=O) groups excluding carboxylic acids is 3. The number of benzene rings is 1. The van der Waals surface area contributed by atoms with E-state index in [1.807, 2.05) is 56.5 Å². The van der Waals surface area contributed by atoms with Crippen LogP contribution in [0, 0.1) is 23.7 Å². The smallest absolute Gasteiger partial charge is 0.308 e. The number of pyridine rings is 1. The van der Waals surface area contributed by atoms with Crippen molar-refractivity contribution >= 4 is 28.9 Å². The minimum atomic E-state index is -1.29. The average molecular weight is 776 g/mol. The summed E-state index contributed by atoms with van der Waals surface area (Å²) in [6.45, 7) is 9.23. The molecule has 5 rings (SSSR count). The van der Waals surface area contributed by atoms with E-state index >= 15 is 0 Å². The summed E-state index contributed by atoms with van der Waals surface area (Å²) in [6, 6.07) is 9.09. The molecule has 2 aliphatic heterocycles. The molecule has 1 aromatic carbocycles. The molecule has 3 unspecified atom stereocenters. The van der Waals surface area contributed by atoms with E-state index in [1.54, 1.807) is 56.7 Å². The van der Waals surface area contributed by atoms with Gasteiger partial charge in [0.25, 0.3) is 0 Å².